The van der Waals surface area contributed by atoms with Gasteiger partial charge in [-0.05, 0) is 176 Å². The van der Waals surface area contributed by atoms with Gasteiger partial charge in [0.25, 0.3) is 0 Å². The summed E-state index contributed by atoms with van der Waals surface area (Å²) in [5.41, 5.74) is 9.94. The van der Waals surface area contributed by atoms with Crippen molar-refractivity contribution in [3.05, 3.63) is 143 Å². The highest BCUT2D eigenvalue weighted by Gasteiger charge is 2.51. The topological polar surface area (TPSA) is 335 Å². The second-order valence-electron chi connectivity index (χ2n) is 40.3. The first-order valence-electron chi connectivity index (χ1n) is 52.1. The van der Waals surface area contributed by atoms with Gasteiger partial charge in [0.15, 0.2) is 5.17 Å². The summed E-state index contributed by atoms with van der Waals surface area (Å²) in [5.74, 6) is 19.6. The van der Waals surface area contributed by atoms with Crippen molar-refractivity contribution in [1.29, 1.82) is 0 Å². The van der Waals surface area contributed by atoms with Crippen LogP contribution in [0.2, 0.25) is 0 Å². The molecule has 0 spiro atoms. The minimum absolute atomic E-state index is 0.00629. The number of amides is 9. The smallest absolute Gasteiger partial charge is 0.410 e. The Bertz CT molecular complexity index is 4720. The average molecular weight is 1960 g/mol. The number of carbonyl (C=O) groups excluding carboxylic acids is 5. The zero-order valence-electron chi connectivity index (χ0n) is 84.0. The lowest BCUT2D eigenvalue weighted by atomic mass is 9.82. The quantitative estimate of drug-likeness (QED) is 0.00667. The van der Waals surface area contributed by atoms with Crippen LogP contribution in [-0.2, 0) is 51.9 Å². The average Bonchev–Trinajstić information content (AvgIpc) is 1.65. The number of aliphatic hydroxyl groups is 1. The van der Waals surface area contributed by atoms with Crippen LogP contribution in [-0.4, -0.2) is 211 Å². The number of carbonyl (C=O) groups is 5. The van der Waals surface area contributed by atoms with Crippen LogP contribution in [0, 0.1) is 91.3 Å². The summed E-state index contributed by atoms with van der Waals surface area (Å²) in [7, 11) is 0. The van der Waals surface area contributed by atoms with Crippen molar-refractivity contribution in [2.45, 2.75) is 371 Å². The standard InChI is InChI=1S/C23H29N3O3.C16H23N3O3.C14H16ClN3O3.C14H17N3O3.3C9H14.C8H16N2O2.C5H8.C4H6O/c27-23-25-15-19(26(23)28-16-18-6-2-1-3-7-18)12-13-22(25)21-14-20(29-24-21)11-5-10-17-8-4-9-17;20-16-18-10-12(19(16)21)7-8-15(18)14-9-13(22-17-14)6-2-5-11-3-1-4-11;15-13(16-20)12-7-6-11-8-17(12)14(19)18(11)21-9-10-4-2-1-3-5-10;18-14-16-9-13(7-6-12(16)8-15-19)17(14)20-10-11-4-2-1-3-5-11;3*1-2-3-4-6-9-7-5-8-9;1-8(2,3)12-7(11)10-4-6(9)5-10;1-3-5-4-2;1-2-3-4-5/h1-3,6-7,14,17,19,22H,4-5,8-13,15-16H2;9,11-12,15,21H,1-8,10H2;1-5,11-12,20H,6-9H2;1-5,8,12-13,19H,6-7,9-10H2;3*1,9H,3-8H2;6H,4-5,9H2,1-3H3;1H,4-5H2,2H3;1,5H,3-4H2/b;;16-13-;15-8+;;;;;;/t19-,22+;12-,15+;11-,12+;12-,13+;;;;;;/m1110....../s1. The molecule has 3 aromatic carbocycles. The highest BCUT2D eigenvalue weighted by Crippen LogP contribution is 2.43. The second-order valence-corrected chi connectivity index (χ2v) is 40.7. The van der Waals surface area contributed by atoms with E-state index in [1.165, 1.54) is 164 Å². The molecule has 8 bridgehead atoms. The van der Waals surface area contributed by atoms with E-state index in [2.05, 4.69) is 63.2 Å². The van der Waals surface area contributed by atoms with Crippen LogP contribution in [0.15, 0.2) is 122 Å². The molecule has 14 fully saturated rings. The second kappa shape index (κ2) is 60.6. The first kappa shape index (κ1) is 112. The Morgan fingerprint density at radius 1 is 0.482 bits per heavy atom. The molecule has 8 atom stereocenters. The van der Waals surface area contributed by atoms with E-state index in [-0.39, 0.29) is 96.4 Å². The predicted molar refractivity (Wildman–Crippen MR) is 545 cm³/mol. The van der Waals surface area contributed by atoms with Gasteiger partial charge in [-0.2, -0.15) is 15.2 Å². The number of rotatable bonds is 32. The predicted octanol–water partition coefficient (Wildman–Crippen LogP) is 22.0. The molecule has 5 saturated carbocycles. The van der Waals surface area contributed by atoms with Gasteiger partial charge in [-0.1, -0.05) is 239 Å². The molecule has 9 aliphatic heterocycles. The molecule has 141 heavy (non-hydrogen) atoms. The molecule has 768 valence electrons. The van der Waals surface area contributed by atoms with Crippen LogP contribution in [0.3, 0.4) is 0 Å². The van der Waals surface area contributed by atoms with Crippen LogP contribution >= 0.6 is 11.6 Å². The number of likely N-dealkylation sites (tertiary alicyclic amines) is 1. The zero-order chi connectivity index (χ0) is 101. The van der Waals surface area contributed by atoms with Gasteiger partial charge in [0.1, 0.15) is 48.3 Å². The maximum atomic E-state index is 13.0. The first-order chi connectivity index (χ1) is 68.5. The summed E-state index contributed by atoms with van der Waals surface area (Å²) >= 11 is 5.87. The van der Waals surface area contributed by atoms with E-state index in [1.807, 2.05) is 123 Å². The summed E-state index contributed by atoms with van der Waals surface area (Å²) in [4.78, 5) is 86.6. The molecular formula is C111H157ClN14O15. The number of nitrogens with zero attached hydrogens (tertiary/aromatic N) is 13. The van der Waals surface area contributed by atoms with Crippen molar-refractivity contribution in [1.82, 2.24) is 55.1 Å². The molecule has 5 aliphatic carbocycles. The van der Waals surface area contributed by atoms with E-state index in [4.69, 9.17) is 93.3 Å². The summed E-state index contributed by atoms with van der Waals surface area (Å²) in [6.45, 7) is 12.6. The lowest BCUT2D eigenvalue weighted by molar-refractivity contribution is -0.140. The van der Waals surface area contributed by atoms with E-state index in [9.17, 15) is 29.2 Å². The minimum atomic E-state index is -0.406. The number of benzene rings is 3. The molecule has 2 aromatic heterocycles. The van der Waals surface area contributed by atoms with Gasteiger partial charge in [0.2, 0.25) is 0 Å². The Kier molecular flexibility index (Phi) is 48.2. The third kappa shape index (κ3) is 35.9. The zero-order valence-corrected chi connectivity index (χ0v) is 84.7. The van der Waals surface area contributed by atoms with Crippen LogP contribution in [0.5, 0.6) is 0 Å². The molecular weight excluding hydrogens is 1800 g/mol. The van der Waals surface area contributed by atoms with Gasteiger partial charge in [0, 0.05) is 102 Å². The Morgan fingerprint density at radius 3 is 1.20 bits per heavy atom. The van der Waals surface area contributed by atoms with E-state index < -0.39 is 5.60 Å². The van der Waals surface area contributed by atoms with E-state index in [0.29, 0.717) is 71.9 Å². The number of urea groups is 4. The van der Waals surface area contributed by atoms with Gasteiger partial charge < -0.3 is 59.5 Å². The number of terminal acetylenes is 5. The van der Waals surface area contributed by atoms with E-state index in [0.717, 1.165) is 177 Å². The minimum Gasteiger partial charge on any atom is -0.444 e. The maximum Gasteiger partial charge on any atom is 0.410 e. The molecule has 19 rings (SSSR count). The number of hydrogen-bond donors (Lipinski definition) is 5. The summed E-state index contributed by atoms with van der Waals surface area (Å²) in [6.07, 6.45) is 74.3. The number of nitrogens with two attached hydrogens (primary N) is 1. The molecule has 6 N–H and O–H groups in total. The van der Waals surface area contributed by atoms with Crippen LogP contribution < -0.4 is 5.73 Å². The Labute approximate surface area is 843 Å². The third-order valence-corrected chi connectivity index (χ3v) is 29.0. The fourth-order valence-corrected chi connectivity index (χ4v) is 19.5. The van der Waals surface area contributed by atoms with Crippen molar-refractivity contribution < 1.29 is 73.0 Å². The SMILES string of the molecule is C#CCCC.C#CCCCC1CCC1.C#CCCCC1CCC1.C#CCCCC1CCC1.C#CCCO.CC(C)(C)OC(=O)N1CC(N)C1.O=C1N(O)[C@@H]2CC[C@@H](c3cc(CCCC4CCC4)on3)N1C2.O=C1N2C[C@@H](CC[C@H]2/C(Cl)=N/O)N1OCc1ccccc1.O=C1N2C[C@@H](CC[C@H]2/C=N/O)N1OCc1ccccc1.O=C1N2C[C@@H](CC[C@H]2c2cc(CCCC3CCC3)on2)N1OCc1ccccc1. The number of hydrogen-bond acceptors (Lipinski definition) is 20. The number of oxime groups is 2. The van der Waals surface area contributed by atoms with Crippen LogP contribution in [0.25, 0.3) is 0 Å². The number of halogens is 1. The molecule has 29 nitrogen and oxygen atoms in total. The lowest BCUT2D eigenvalue weighted by Crippen LogP contribution is -2.58. The van der Waals surface area contributed by atoms with Crippen molar-refractivity contribution >= 4 is 53.2 Å². The number of aryl methyl sites for hydroxylation is 2. The molecule has 5 aromatic rings. The lowest BCUT2D eigenvalue weighted by Gasteiger charge is -2.37. The van der Waals surface area contributed by atoms with Gasteiger partial charge in [-0.3, -0.25) is 19.7 Å². The molecule has 0 radical (unpaired) electrons. The summed E-state index contributed by atoms with van der Waals surface area (Å²) in [6, 6.07) is 32.5. The number of piperidine rings is 4. The fraction of sp³-hybridized carbons (Fsp3) is 0.631. The number of ether oxygens (including phenoxy) is 1. The molecule has 9 amide bonds. The van der Waals surface area contributed by atoms with Crippen molar-refractivity contribution in [2.24, 2.45) is 45.6 Å². The van der Waals surface area contributed by atoms with Gasteiger partial charge in [-0.15, -0.1) is 61.7 Å². The molecule has 14 aliphatic rings. The van der Waals surface area contributed by atoms with Crippen molar-refractivity contribution in [3.63, 3.8) is 0 Å². The van der Waals surface area contributed by atoms with Crippen molar-refractivity contribution in [3.8, 4) is 61.7 Å². The largest absolute Gasteiger partial charge is 0.444 e. The van der Waals surface area contributed by atoms with Crippen LogP contribution in [0.1, 0.15) is 330 Å². The molecule has 9 saturated heterocycles. The Morgan fingerprint density at radius 2 is 0.844 bits per heavy atom. The molecule has 0 unspecified atom stereocenters. The van der Waals surface area contributed by atoms with Gasteiger partial charge in [-0.25, -0.2) is 29.0 Å². The Hall–Kier alpha value is -10.8. The summed E-state index contributed by atoms with van der Waals surface area (Å²) < 4.78 is 16.2. The monoisotopic (exact) mass is 1960 g/mol. The van der Waals surface area contributed by atoms with E-state index in [1.54, 1.807) is 24.7 Å². The highest BCUT2D eigenvalue weighted by molar-refractivity contribution is 6.66. The van der Waals surface area contributed by atoms with Crippen molar-refractivity contribution in [2.75, 3.05) is 45.9 Å². The molecule has 11 heterocycles. The maximum absolute atomic E-state index is 13.0. The normalized spacial score (nSPS) is 22.5. The third-order valence-electron chi connectivity index (χ3n) is 28.7. The first-order valence-corrected chi connectivity index (χ1v) is 52.4. The number of aromatic nitrogens is 2. The fourth-order valence-electron chi connectivity index (χ4n) is 19.3. The highest BCUT2D eigenvalue weighted by atomic mass is 35.5. The number of hydroxylamine groups is 8. The van der Waals surface area contributed by atoms with Crippen LogP contribution in [0.4, 0.5) is 24.0 Å². The van der Waals surface area contributed by atoms with Gasteiger partial charge in [0.05, 0.1) is 61.2 Å². The number of unbranched alkanes of at least 4 members (excludes halogenated alkanes) is 4. The number of aliphatic hydroxyl groups excluding tert-OH is 1. The Balaban J connectivity index is 0.000000168. The summed E-state index contributed by atoms with van der Waals surface area (Å²) in [5, 5.41) is 55.0. The van der Waals surface area contributed by atoms with E-state index >= 15 is 0 Å². The number of fused-ring (bicyclic) bond motifs is 8. The molecule has 30 heteroatoms. The van der Waals surface area contributed by atoms with Gasteiger partial charge >= 0.3 is 30.2 Å².